The highest BCUT2D eigenvalue weighted by Crippen LogP contribution is 2.42. The van der Waals surface area contributed by atoms with Crippen LogP contribution in [0.2, 0.25) is 0 Å². The van der Waals surface area contributed by atoms with Gasteiger partial charge in [-0.15, -0.1) is 0 Å². The van der Waals surface area contributed by atoms with E-state index in [4.69, 9.17) is 0 Å². The fraction of sp³-hybridized carbons (Fsp3) is 0.889. The smallest absolute Gasteiger partial charge is 0.139 e. The Morgan fingerprint density at radius 3 is 2.10 bits per heavy atom. The molecule has 0 heterocycles. The first-order chi connectivity index (χ1) is 4.79. The van der Waals surface area contributed by atoms with E-state index in [1.807, 2.05) is 0 Å². The van der Waals surface area contributed by atoms with Gasteiger partial charge < -0.3 is 0 Å². The molecule has 3 aliphatic carbocycles. The summed E-state index contributed by atoms with van der Waals surface area (Å²) < 4.78 is 0. The van der Waals surface area contributed by atoms with Gasteiger partial charge in [-0.3, -0.25) is 4.79 Å². The molecule has 0 aliphatic heterocycles. The van der Waals surface area contributed by atoms with Crippen LogP contribution in [-0.4, -0.2) is 5.78 Å². The largest absolute Gasteiger partial charge is 0.299 e. The first kappa shape index (κ1) is 6.38. The van der Waals surface area contributed by atoms with Crippen molar-refractivity contribution in [3.8, 4) is 0 Å². The first-order valence-corrected chi connectivity index (χ1v) is 4.33. The average Bonchev–Trinajstić information content (AvgIpc) is 2.00. The van der Waals surface area contributed by atoms with Crippen molar-refractivity contribution in [1.29, 1.82) is 0 Å². The predicted octanol–water partition coefficient (Wildman–Crippen LogP) is 2.01. The molecule has 0 aromatic rings. The number of Topliss-reactive ketones (excluding diaryl/α,β-unsaturated/α-hetero) is 1. The van der Waals surface area contributed by atoms with Gasteiger partial charge in [0.1, 0.15) is 5.78 Å². The van der Waals surface area contributed by atoms with Gasteiger partial charge in [-0.05, 0) is 31.6 Å². The predicted molar refractivity (Wildman–Crippen MR) is 39.6 cm³/mol. The molecule has 0 saturated heterocycles. The molecule has 0 aromatic carbocycles. The summed E-state index contributed by atoms with van der Waals surface area (Å²) in [7, 11) is 0. The van der Waals surface area contributed by atoms with Crippen LogP contribution in [0.4, 0.5) is 0 Å². The summed E-state index contributed by atoms with van der Waals surface area (Å²) in [6.45, 7) is 2.11. The Kier molecular flexibility index (Phi) is 1.33. The van der Waals surface area contributed by atoms with Gasteiger partial charge in [-0.1, -0.05) is 6.92 Å². The van der Waals surface area contributed by atoms with E-state index in [2.05, 4.69) is 6.92 Å². The van der Waals surface area contributed by atoms with Crippen LogP contribution >= 0.6 is 0 Å². The summed E-state index contributed by atoms with van der Waals surface area (Å²) in [5.41, 5.74) is 0. The van der Waals surface area contributed by atoms with Gasteiger partial charge >= 0.3 is 0 Å². The van der Waals surface area contributed by atoms with Crippen LogP contribution in [0.3, 0.4) is 0 Å². The average molecular weight is 138 g/mol. The highest BCUT2D eigenvalue weighted by molar-refractivity contribution is 5.84. The number of fused-ring (bicyclic) bond motifs is 3. The van der Waals surface area contributed by atoms with Crippen molar-refractivity contribution in [3.05, 3.63) is 0 Å². The Bertz CT molecular complexity index is 150. The fourth-order valence-electron chi connectivity index (χ4n) is 2.51. The zero-order valence-corrected chi connectivity index (χ0v) is 6.47. The minimum atomic E-state index is 0.396. The first-order valence-electron chi connectivity index (χ1n) is 4.33. The van der Waals surface area contributed by atoms with Crippen LogP contribution in [0.1, 0.15) is 32.6 Å². The Labute approximate surface area is 61.8 Å². The topological polar surface area (TPSA) is 17.1 Å². The molecule has 3 fully saturated rings. The van der Waals surface area contributed by atoms with Crippen molar-refractivity contribution >= 4 is 5.78 Å². The third kappa shape index (κ3) is 0.727. The van der Waals surface area contributed by atoms with Crippen molar-refractivity contribution < 1.29 is 4.79 Å². The molecular weight excluding hydrogens is 124 g/mol. The van der Waals surface area contributed by atoms with E-state index in [0.29, 0.717) is 17.6 Å². The van der Waals surface area contributed by atoms with Crippen LogP contribution in [0, 0.1) is 17.8 Å². The van der Waals surface area contributed by atoms with Crippen LogP contribution < -0.4 is 0 Å². The Morgan fingerprint density at radius 1 is 1.20 bits per heavy atom. The molecule has 0 amide bonds. The van der Waals surface area contributed by atoms with E-state index in [1.54, 1.807) is 0 Å². The van der Waals surface area contributed by atoms with Gasteiger partial charge in [0, 0.05) is 11.8 Å². The summed E-state index contributed by atoms with van der Waals surface area (Å²) >= 11 is 0. The number of carbonyl (C=O) groups excluding carboxylic acids is 1. The van der Waals surface area contributed by atoms with Crippen molar-refractivity contribution in [2.75, 3.05) is 0 Å². The quantitative estimate of drug-likeness (QED) is 0.500. The lowest BCUT2D eigenvalue weighted by Gasteiger charge is -2.39. The van der Waals surface area contributed by atoms with E-state index >= 15 is 0 Å². The second kappa shape index (κ2) is 2.08. The molecule has 3 rings (SSSR count). The van der Waals surface area contributed by atoms with Crippen LogP contribution in [-0.2, 0) is 4.79 Å². The maximum absolute atomic E-state index is 11.4. The summed E-state index contributed by atoms with van der Waals surface area (Å²) in [5.74, 6) is 2.16. The third-order valence-electron chi connectivity index (χ3n) is 3.33. The van der Waals surface area contributed by atoms with Crippen molar-refractivity contribution in [2.45, 2.75) is 32.6 Å². The van der Waals surface area contributed by atoms with Crippen molar-refractivity contribution in [3.63, 3.8) is 0 Å². The molecular formula is C9H14O. The third-order valence-corrected chi connectivity index (χ3v) is 3.33. The molecule has 1 atom stereocenters. The molecule has 2 bridgehead atoms. The molecule has 0 radical (unpaired) electrons. The molecule has 56 valence electrons. The lowest BCUT2D eigenvalue weighted by atomic mass is 9.64. The van der Waals surface area contributed by atoms with Crippen LogP contribution in [0.25, 0.3) is 0 Å². The normalized spacial score (nSPS) is 46.1. The number of rotatable bonds is 0. The van der Waals surface area contributed by atoms with Gasteiger partial charge in [0.2, 0.25) is 0 Å². The Balaban J connectivity index is 2.20. The highest BCUT2D eigenvalue weighted by atomic mass is 16.1. The summed E-state index contributed by atoms with van der Waals surface area (Å²) in [6, 6.07) is 0. The van der Waals surface area contributed by atoms with E-state index < -0.39 is 0 Å². The summed E-state index contributed by atoms with van der Waals surface area (Å²) in [4.78, 5) is 11.4. The second-order valence-electron chi connectivity index (χ2n) is 3.80. The zero-order chi connectivity index (χ0) is 7.14. The molecule has 0 unspecified atom stereocenters. The monoisotopic (exact) mass is 138 g/mol. The maximum atomic E-state index is 11.4. The number of hydrogen-bond acceptors (Lipinski definition) is 1. The molecule has 0 N–H and O–H groups in total. The Morgan fingerprint density at radius 2 is 1.80 bits per heavy atom. The van der Waals surface area contributed by atoms with E-state index in [-0.39, 0.29) is 0 Å². The van der Waals surface area contributed by atoms with Gasteiger partial charge in [0.25, 0.3) is 0 Å². The van der Waals surface area contributed by atoms with Gasteiger partial charge in [0.05, 0.1) is 0 Å². The van der Waals surface area contributed by atoms with Crippen molar-refractivity contribution in [1.82, 2.24) is 0 Å². The number of hydrogen-bond donors (Lipinski definition) is 0. The maximum Gasteiger partial charge on any atom is 0.139 e. The number of ketones is 1. The molecule has 1 heteroatoms. The Hall–Kier alpha value is -0.330. The number of carbonyl (C=O) groups is 1. The van der Waals surface area contributed by atoms with Crippen LogP contribution in [0.15, 0.2) is 0 Å². The van der Waals surface area contributed by atoms with Gasteiger partial charge in [-0.25, -0.2) is 0 Å². The van der Waals surface area contributed by atoms with E-state index in [1.165, 1.54) is 25.7 Å². The molecule has 1 nitrogen and oxygen atoms in total. The van der Waals surface area contributed by atoms with Gasteiger partial charge in [-0.2, -0.15) is 0 Å². The summed E-state index contributed by atoms with van der Waals surface area (Å²) in [6.07, 6.45) is 5.01. The zero-order valence-electron chi connectivity index (χ0n) is 6.47. The van der Waals surface area contributed by atoms with E-state index in [0.717, 1.165) is 5.92 Å². The van der Waals surface area contributed by atoms with Crippen LogP contribution in [0.5, 0.6) is 0 Å². The SMILES string of the molecule is C[C@H]1C(=O)C2CCC1CC2. The van der Waals surface area contributed by atoms with E-state index in [9.17, 15) is 4.79 Å². The molecule has 0 spiro atoms. The molecule has 10 heavy (non-hydrogen) atoms. The van der Waals surface area contributed by atoms with Gasteiger partial charge in [0.15, 0.2) is 0 Å². The highest BCUT2D eigenvalue weighted by Gasteiger charge is 2.39. The van der Waals surface area contributed by atoms with Crippen molar-refractivity contribution in [2.24, 2.45) is 17.8 Å². The molecule has 3 aliphatic rings. The standard InChI is InChI=1S/C9H14O/c1-6-7-2-4-8(5-3-7)9(6)10/h6-8H,2-5H2,1H3/t6-,7?,8?/m1/s1. The lowest BCUT2D eigenvalue weighted by molar-refractivity contribution is -0.134. The molecule has 3 saturated carbocycles. The lowest BCUT2D eigenvalue weighted by Crippen LogP contribution is -2.38. The fourth-order valence-corrected chi connectivity index (χ4v) is 2.51. The second-order valence-corrected chi connectivity index (χ2v) is 3.80. The minimum absolute atomic E-state index is 0.396. The minimum Gasteiger partial charge on any atom is -0.299 e. The summed E-state index contributed by atoms with van der Waals surface area (Å²) in [5, 5.41) is 0. The molecule has 0 aromatic heterocycles.